The van der Waals surface area contributed by atoms with E-state index in [1.165, 1.54) is 31.7 Å². The minimum atomic E-state index is -0.345. The maximum absolute atomic E-state index is 14.2. The van der Waals surface area contributed by atoms with Gasteiger partial charge in [0.25, 0.3) is 0 Å². The lowest BCUT2D eigenvalue weighted by molar-refractivity contribution is 0.517. The fourth-order valence-electron chi connectivity index (χ4n) is 3.74. The zero-order valence-corrected chi connectivity index (χ0v) is 16.8. The third kappa shape index (κ3) is 3.66. The lowest BCUT2D eigenvalue weighted by Gasteiger charge is -2.10. The van der Waals surface area contributed by atoms with Crippen molar-refractivity contribution in [3.63, 3.8) is 0 Å². The molecule has 28 heavy (non-hydrogen) atoms. The molecule has 3 heterocycles. The van der Waals surface area contributed by atoms with Crippen molar-refractivity contribution >= 4 is 11.6 Å². The first-order valence-corrected chi connectivity index (χ1v) is 9.97. The second-order valence-corrected chi connectivity index (χ2v) is 7.70. The number of pyridine rings is 2. The van der Waals surface area contributed by atoms with Crippen LogP contribution in [0.2, 0.25) is 5.02 Å². The second kappa shape index (κ2) is 7.97. The number of rotatable bonds is 5. The summed E-state index contributed by atoms with van der Waals surface area (Å²) < 4.78 is 15.9. The highest BCUT2D eigenvalue weighted by molar-refractivity contribution is 6.32. The molecule has 4 rings (SSSR count). The van der Waals surface area contributed by atoms with Gasteiger partial charge in [-0.25, -0.2) is 14.1 Å². The third-order valence-electron chi connectivity index (χ3n) is 5.37. The predicted octanol–water partition coefficient (Wildman–Crippen LogP) is 4.77. The average Bonchev–Trinajstić information content (AvgIpc) is 3.31. The Kier molecular flexibility index (Phi) is 5.42. The molecule has 0 atom stereocenters. The summed E-state index contributed by atoms with van der Waals surface area (Å²) >= 11 is 6.39. The van der Waals surface area contributed by atoms with E-state index in [-0.39, 0.29) is 5.82 Å². The molecule has 0 saturated heterocycles. The largest absolute Gasteiger partial charge is 0.308 e. The van der Waals surface area contributed by atoms with Gasteiger partial charge < -0.3 is 5.32 Å². The Morgan fingerprint density at radius 1 is 1.25 bits per heavy atom. The molecule has 0 aliphatic heterocycles. The van der Waals surface area contributed by atoms with Crippen molar-refractivity contribution in [3.8, 4) is 17.1 Å². The van der Waals surface area contributed by atoms with Crippen molar-refractivity contribution in [3.05, 3.63) is 58.4 Å². The first-order valence-electron chi connectivity index (χ1n) is 9.60. The molecule has 1 aliphatic carbocycles. The van der Waals surface area contributed by atoms with E-state index in [1.807, 2.05) is 6.92 Å². The fraction of sp³-hybridized carbons (Fsp3) is 0.381. The van der Waals surface area contributed by atoms with E-state index in [2.05, 4.69) is 15.3 Å². The van der Waals surface area contributed by atoms with E-state index >= 15 is 0 Å². The Morgan fingerprint density at radius 3 is 2.75 bits per heavy atom. The monoisotopic (exact) mass is 399 g/mol. The summed E-state index contributed by atoms with van der Waals surface area (Å²) in [6.45, 7) is 4.30. The van der Waals surface area contributed by atoms with Crippen molar-refractivity contribution in [1.82, 2.24) is 25.1 Å². The smallest absolute Gasteiger partial charge is 0.172 e. The molecule has 7 heteroatoms. The zero-order valence-electron chi connectivity index (χ0n) is 16.0. The van der Waals surface area contributed by atoms with Crippen LogP contribution in [0, 0.1) is 19.7 Å². The molecule has 0 unspecified atom stereocenters. The molecule has 1 saturated carbocycles. The van der Waals surface area contributed by atoms with Gasteiger partial charge in [0.15, 0.2) is 5.82 Å². The zero-order chi connectivity index (χ0) is 19.7. The number of aromatic nitrogens is 4. The van der Waals surface area contributed by atoms with Crippen molar-refractivity contribution < 1.29 is 4.39 Å². The highest BCUT2D eigenvalue weighted by atomic mass is 35.5. The molecule has 5 nitrogen and oxygen atoms in total. The molecule has 0 spiro atoms. The number of halogens is 2. The van der Waals surface area contributed by atoms with Gasteiger partial charge in [-0.05, 0) is 44.9 Å². The molecular weight excluding hydrogens is 377 g/mol. The molecule has 1 aliphatic rings. The fourth-order valence-corrected chi connectivity index (χ4v) is 3.94. The van der Waals surface area contributed by atoms with Crippen LogP contribution in [-0.2, 0) is 6.54 Å². The van der Waals surface area contributed by atoms with Crippen LogP contribution < -0.4 is 5.32 Å². The summed E-state index contributed by atoms with van der Waals surface area (Å²) in [5.74, 6) is 0.178. The van der Waals surface area contributed by atoms with E-state index in [0.717, 1.165) is 17.0 Å². The van der Waals surface area contributed by atoms with Crippen molar-refractivity contribution in [2.75, 3.05) is 0 Å². The van der Waals surface area contributed by atoms with Gasteiger partial charge in [0.2, 0.25) is 0 Å². The lowest BCUT2D eigenvalue weighted by atomic mass is 10.1. The number of hydrogen-bond donors (Lipinski definition) is 1. The summed E-state index contributed by atoms with van der Waals surface area (Å²) in [6.07, 6.45) is 8.29. The first-order chi connectivity index (χ1) is 13.5. The van der Waals surface area contributed by atoms with Gasteiger partial charge in [0.05, 0.1) is 22.1 Å². The lowest BCUT2D eigenvalue weighted by Crippen LogP contribution is -2.25. The van der Waals surface area contributed by atoms with Crippen LogP contribution in [0.15, 0.2) is 30.6 Å². The summed E-state index contributed by atoms with van der Waals surface area (Å²) in [4.78, 5) is 8.59. The van der Waals surface area contributed by atoms with Gasteiger partial charge in [-0.3, -0.25) is 4.98 Å². The van der Waals surface area contributed by atoms with Crippen LogP contribution in [-0.4, -0.2) is 25.8 Å². The highest BCUT2D eigenvalue weighted by Crippen LogP contribution is 2.31. The summed E-state index contributed by atoms with van der Waals surface area (Å²) in [7, 11) is 0. The second-order valence-electron chi connectivity index (χ2n) is 7.29. The van der Waals surface area contributed by atoms with Crippen LogP contribution in [0.25, 0.3) is 17.1 Å². The minimum Gasteiger partial charge on any atom is -0.308 e. The Morgan fingerprint density at radius 2 is 2.04 bits per heavy atom. The van der Waals surface area contributed by atoms with Gasteiger partial charge in [-0.15, -0.1) is 0 Å². The number of hydrogen-bond acceptors (Lipinski definition) is 4. The predicted molar refractivity (Wildman–Crippen MR) is 108 cm³/mol. The summed E-state index contributed by atoms with van der Waals surface area (Å²) in [6, 6.07) is 5.57. The Labute approximate surface area is 169 Å². The molecule has 0 amide bonds. The van der Waals surface area contributed by atoms with Crippen molar-refractivity contribution in [2.45, 2.75) is 52.1 Å². The van der Waals surface area contributed by atoms with Gasteiger partial charge in [-0.1, -0.05) is 24.4 Å². The number of nitrogens with zero attached hydrogens (tertiary/aromatic N) is 4. The Balaban J connectivity index is 1.79. The van der Waals surface area contributed by atoms with E-state index in [0.29, 0.717) is 34.7 Å². The van der Waals surface area contributed by atoms with E-state index in [9.17, 15) is 4.39 Å². The van der Waals surface area contributed by atoms with Crippen LogP contribution in [0.3, 0.4) is 0 Å². The molecular formula is C21H23ClFN5. The molecule has 0 bridgehead atoms. The molecule has 0 aromatic carbocycles. The number of nitrogens with one attached hydrogen (secondary N) is 1. The van der Waals surface area contributed by atoms with E-state index in [4.69, 9.17) is 16.7 Å². The minimum absolute atomic E-state index is 0.345. The molecule has 1 N–H and O–H groups in total. The van der Waals surface area contributed by atoms with Gasteiger partial charge in [-0.2, -0.15) is 5.10 Å². The Hall–Kier alpha value is -2.31. The molecule has 146 valence electrons. The van der Waals surface area contributed by atoms with Crippen LogP contribution >= 0.6 is 11.6 Å². The van der Waals surface area contributed by atoms with Crippen LogP contribution in [0.4, 0.5) is 4.39 Å². The molecule has 3 aromatic rings. The van der Waals surface area contributed by atoms with Crippen LogP contribution in [0.1, 0.15) is 42.6 Å². The Bertz CT molecular complexity index is 994. The quantitative estimate of drug-likeness (QED) is 0.671. The number of aryl methyl sites for hydroxylation is 1. The standard InChI is InChI=1S/C21H23ClFN5/c1-13-19(12-26-16-6-3-4-7-16)27-28(21-17(22)8-5-9-24-21)20(13)15-10-18(23)14(2)25-11-15/h5,8-11,16,26H,3-4,6-7,12H2,1-2H3. The van der Waals surface area contributed by atoms with E-state index in [1.54, 1.807) is 36.1 Å². The van der Waals surface area contributed by atoms with Gasteiger partial charge >= 0.3 is 0 Å². The highest BCUT2D eigenvalue weighted by Gasteiger charge is 2.22. The molecule has 3 aromatic heterocycles. The molecule has 1 fully saturated rings. The topological polar surface area (TPSA) is 55.6 Å². The summed E-state index contributed by atoms with van der Waals surface area (Å²) in [5.41, 5.74) is 3.66. The van der Waals surface area contributed by atoms with Gasteiger partial charge in [0.1, 0.15) is 5.82 Å². The van der Waals surface area contributed by atoms with Crippen molar-refractivity contribution in [1.29, 1.82) is 0 Å². The maximum atomic E-state index is 14.2. The summed E-state index contributed by atoms with van der Waals surface area (Å²) in [5, 5.41) is 8.87. The third-order valence-corrected chi connectivity index (χ3v) is 5.67. The van der Waals surface area contributed by atoms with Crippen LogP contribution in [0.5, 0.6) is 0 Å². The first kappa shape index (κ1) is 19.0. The van der Waals surface area contributed by atoms with E-state index < -0.39 is 0 Å². The maximum Gasteiger partial charge on any atom is 0.172 e. The average molecular weight is 400 g/mol. The van der Waals surface area contributed by atoms with Gasteiger partial charge in [0, 0.05) is 36.1 Å². The normalized spacial score (nSPS) is 14.7. The SMILES string of the molecule is Cc1ncc(-c2c(C)c(CNC3CCCC3)nn2-c2ncccc2Cl)cc1F. The van der Waals surface area contributed by atoms with Crippen molar-refractivity contribution in [2.24, 2.45) is 0 Å². The molecule has 0 radical (unpaired) electrons.